The van der Waals surface area contributed by atoms with Gasteiger partial charge in [-0.15, -0.1) is 0 Å². The molecule has 1 aromatic rings. The van der Waals surface area contributed by atoms with Crippen molar-refractivity contribution in [2.24, 2.45) is 5.92 Å². The summed E-state index contributed by atoms with van der Waals surface area (Å²) in [5.41, 5.74) is 7.97. The summed E-state index contributed by atoms with van der Waals surface area (Å²) in [7, 11) is 1.79. The fourth-order valence-corrected chi connectivity index (χ4v) is 3.13. The Labute approximate surface area is 117 Å². The molecule has 0 bridgehead atoms. The average molecular weight is 313 g/mol. The highest BCUT2D eigenvalue weighted by atomic mass is 79.9. The number of rotatable bonds is 4. The van der Waals surface area contributed by atoms with Gasteiger partial charge >= 0.3 is 0 Å². The number of nitrogens with two attached hydrogens (primary N) is 1. The first kappa shape index (κ1) is 13.8. The first-order valence-electron chi connectivity index (χ1n) is 6.43. The molecular weight excluding hydrogens is 292 g/mol. The number of benzene rings is 1. The van der Waals surface area contributed by atoms with Crippen LogP contribution in [-0.2, 0) is 11.3 Å². The fraction of sp³-hybridized carbons (Fsp3) is 0.571. The van der Waals surface area contributed by atoms with Gasteiger partial charge < -0.3 is 10.5 Å². The molecule has 1 saturated heterocycles. The summed E-state index contributed by atoms with van der Waals surface area (Å²) in [6.07, 6.45) is 2.47. The molecule has 0 atom stereocenters. The molecule has 0 aliphatic carbocycles. The van der Waals surface area contributed by atoms with Crippen LogP contribution in [0.5, 0.6) is 0 Å². The predicted octanol–water partition coefficient (Wildman–Crippen LogP) is 2.89. The van der Waals surface area contributed by atoms with Crippen LogP contribution in [0, 0.1) is 5.92 Å². The monoisotopic (exact) mass is 312 g/mol. The molecule has 0 saturated carbocycles. The summed E-state index contributed by atoms with van der Waals surface area (Å²) < 4.78 is 6.29. The minimum absolute atomic E-state index is 0.735. The molecular formula is C14H21BrN2O. The zero-order valence-corrected chi connectivity index (χ0v) is 12.4. The third-order valence-electron chi connectivity index (χ3n) is 3.50. The molecule has 2 N–H and O–H groups in total. The summed E-state index contributed by atoms with van der Waals surface area (Å²) in [5.74, 6) is 0.735. The highest BCUT2D eigenvalue weighted by molar-refractivity contribution is 9.10. The van der Waals surface area contributed by atoms with Crippen LogP contribution in [0.25, 0.3) is 0 Å². The molecule has 3 nitrogen and oxygen atoms in total. The highest BCUT2D eigenvalue weighted by Gasteiger charge is 2.19. The second kappa shape index (κ2) is 6.55. The lowest BCUT2D eigenvalue weighted by Gasteiger charge is -2.31. The Balaban J connectivity index is 1.87. The van der Waals surface area contributed by atoms with Gasteiger partial charge in [0.05, 0.1) is 0 Å². The maximum atomic E-state index is 5.86. The summed E-state index contributed by atoms with van der Waals surface area (Å²) >= 11 is 3.49. The molecule has 0 radical (unpaired) electrons. The minimum atomic E-state index is 0.735. The van der Waals surface area contributed by atoms with Gasteiger partial charge in [-0.05, 0) is 55.6 Å². The first-order valence-corrected chi connectivity index (χ1v) is 7.23. The van der Waals surface area contributed by atoms with E-state index in [0.717, 1.165) is 42.3 Å². The Hall–Kier alpha value is -0.580. The Kier molecular flexibility index (Phi) is 5.03. The van der Waals surface area contributed by atoms with Crippen molar-refractivity contribution in [1.29, 1.82) is 0 Å². The third-order valence-corrected chi connectivity index (χ3v) is 3.95. The Morgan fingerprint density at radius 1 is 1.33 bits per heavy atom. The first-order chi connectivity index (χ1) is 8.67. The smallest absolute Gasteiger partial charge is 0.0491 e. The number of hydrogen-bond donors (Lipinski definition) is 1. The van der Waals surface area contributed by atoms with Crippen LogP contribution in [0.4, 0.5) is 5.69 Å². The van der Waals surface area contributed by atoms with E-state index in [1.54, 1.807) is 7.11 Å². The van der Waals surface area contributed by atoms with Crippen LogP contribution in [0.3, 0.4) is 0 Å². The quantitative estimate of drug-likeness (QED) is 0.869. The topological polar surface area (TPSA) is 38.5 Å². The molecule has 0 spiro atoms. The number of likely N-dealkylation sites (tertiary alicyclic amines) is 1. The van der Waals surface area contributed by atoms with E-state index >= 15 is 0 Å². The molecule has 1 heterocycles. The normalized spacial score (nSPS) is 18.1. The second-order valence-corrected chi connectivity index (χ2v) is 5.98. The molecule has 1 fully saturated rings. The number of methoxy groups -OCH3 is 1. The van der Waals surface area contributed by atoms with E-state index in [9.17, 15) is 0 Å². The van der Waals surface area contributed by atoms with Crippen molar-refractivity contribution in [1.82, 2.24) is 4.90 Å². The van der Waals surface area contributed by atoms with Crippen molar-refractivity contribution in [2.45, 2.75) is 19.4 Å². The van der Waals surface area contributed by atoms with E-state index in [2.05, 4.69) is 33.0 Å². The molecule has 0 unspecified atom stereocenters. The van der Waals surface area contributed by atoms with Gasteiger partial charge in [0.2, 0.25) is 0 Å². The summed E-state index contributed by atoms with van der Waals surface area (Å²) in [4.78, 5) is 2.49. The van der Waals surface area contributed by atoms with E-state index in [4.69, 9.17) is 10.5 Å². The van der Waals surface area contributed by atoms with Crippen LogP contribution < -0.4 is 5.73 Å². The van der Waals surface area contributed by atoms with E-state index in [1.165, 1.54) is 18.4 Å². The van der Waals surface area contributed by atoms with E-state index in [1.807, 2.05) is 6.07 Å². The van der Waals surface area contributed by atoms with Crippen LogP contribution >= 0.6 is 15.9 Å². The number of hydrogen-bond acceptors (Lipinski definition) is 3. The van der Waals surface area contributed by atoms with Gasteiger partial charge in [-0.25, -0.2) is 0 Å². The standard InChI is InChI=1S/C14H21BrN2O/c1-18-10-11-2-4-17(5-3-11)9-12-6-13(15)8-14(16)7-12/h6-8,11H,2-5,9-10,16H2,1H3. The molecule has 100 valence electrons. The lowest BCUT2D eigenvalue weighted by Crippen LogP contribution is -2.34. The van der Waals surface area contributed by atoms with Crippen LogP contribution in [0.1, 0.15) is 18.4 Å². The molecule has 4 heteroatoms. The van der Waals surface area contributed by atoms with E-state index in [0.29, 0.717) is 0 Å². The van der Waals surface area contributed by atoms with Gasteiger partial charge in [0, 0.05) is 30.4 Å². The number of halogens is 1. The molecule has 0 amide bonds. The lowest BCUT2D eigenvalue weighted by molar-refractivity contribution is 0.0968. The SMILES string of the molecule is COCC1CCN(Cc2cc(N)cc(Br)c2)CC1. The number of ether oxygens (including phenoxy) is 1. The summed E-state index contributed by atoms with van der Waals surface area (Å²) in [5, 5.41) is 0. The number of anilines is 1. The fourth-order valence-electron chi connectivity index (χ4n) is 2.57. The van der Waals surface area contributed by atoms with E-state index < -0.39 is 0 Å². The molecule has 1 aliphatic rings. The second-order valence-electron chi connectivity index (χ2n) is 5.07. The van der Waals surface area contributed by atoms with Gasteiger partial charge in [0.25, 0.3) is 0 Å². The molecule has 2 rings (SSSR count). The van der Waals surface area contributed by atoms with Gasteiger partial charge in [-0.3, -0.25) is 4.90 Å². The van der Waals surface area contributed by atoms with Crippen LogP contribution in [0.2, 0.25) is 0 Å². The minimum Gasteiger partial charge on any atom is -0.399 e. The maximum Gasteiger partial charge on any atom is 0.0491 e. The van der Waals surface area contributed by atoms with Gasteiger partial charge in [-0.2, -0.15) is 0 Å². The van der Waals surface area contributed by atoms with Crippen molar-refractivity contribution in [3.05, 3.63) is 28.2 Å². The molecule has 0 aromatic heterocycles. The van der Waals surface area contributed by atoms with E-state index in [-0.39, 0.29) is 0 Å². The number of nitrogen functional groups attached to an aromatic ring is 1. The van der Waals surface area contributed by atoms with Gasteiger partial charge in [0.15, 0.2) is 0 Å². The molecule has 18 heavy (non-hydrogen) atoms. The van der Waals surface area contributed by atoms with Crippen LogP contribution in [0.15, 0.2) is 22.7 Å². The summed E-state index contributed by atoms with van der Waals surface area (Å²) in [6.45, 7) is 4.20. The maximum absolute atomic E-state index is 5.86. The largest absolute Gasteiger partial charge is 0.399 e. The average Bonchev–Trinajstić information content (AvgIpc) is 2.31. The zero-order chi connectivity index (χ0) is 13.0. The number of nitrogens with zero attached hydrogens (tertiary/aromatic N) is 1. The van der Waals surface area contributed by atoms with Crippen molar-refractivity contribution in [2.75, 3.05) is 32.5 Å². The van der Waals surface area contributed by atoms with Gasteiger partial charge in [0.1, 0.15) is 0 Å². The predicted molar refractivity (Wildman–Crippen MR) is 78.4 cm³/mol. The van der Waals surface area contributed by atoms with Crippen LogP contribution in [-0.4, -0.2) is 31.7 Å². The van der Waals surface area contributed by atoms with Crippen molar-refractivity contribution in [3.8, 4) is 0 Å². The molecule has 1 aromatic carbocycles. The zero-order valence-electron chi connectivity index (χ0n) is 10.9. The van der Waals surface area contributed by atoms with Crippen molar-refractivity contribution < 1.29 is 4.74 Å². The lowest BCUT2D eigenvalue weighted by atomic mass is 9.97. The summed E-state index contributed by atoms with van der Waals surface area (Å²) in [6, 6.07) is 6.15. The highest BCUT2D eigenvalue weighted by Crippen LogP contribution is 2.22. The third kappa shape index (κ3) is 3.97. The number of piperidine rings is 1. The van der Waals surface area contributed by atoms with Gasteiger partial charge in [-0.1, -0.05) is 15.9 Å². The Morgan fingerprint density at radius 2 is 2.06 bits per heavy atom. The molecule has 1 aliphatic heterocycles. The van der Waals surface area contributed by atoms with Crippen molar-refractivity contribution in [3.63, 3.8) is 0 Å². The Morgan fingerprint density at radius 3 is 2.67 bits per heavy atom. The Bertz CT molecular complexity index is 369. The van der Waals surface area contributed by atoms with Crippen molar-refractivity contribution >= 4 is 21.6 Å².